The molecule has 0 atom stereocenters. The van der Waals surface area contributed by atoms with Crippen LogP contribution < -0.4 is 0 Å². The van der Waals surface area contributed by atoms with Crippen LogP contribution >= 0.6 is 0 Å². The number of carbonyl (C=O) groups excluding carboxylic acids is 2. The lowest BCUT2D eigenvalue weighted by Gasteiger charge is -2.19. The fourth-order valence-corrected chi connectivity index (χ4v) is 2.57. The van der Waals surface area contributed by atoms with Crippen molar-refractivity contribution in [3.05, 3.63) is 35.7 Å². The van der Waals surface area contributed by atoms with Crippen LogP contribution in [0.5, 0.6) is 0 Å². The molecule has 0 bridgehead atoms. The summed E-state index contributed by atoms with van der Waals surface area (Å²) in [6.07, 6.45) is -11.5. The van der Waals surface area contributed by atoms with Gasteiger partial charge in [0, 0.05) is 0 Å². The van der Waals surface area contributed by atoms with Crippen molar-refractivity contribution in [2.45, 2.75) is 42.8 Å². The standard InChI is InChI=1S/C11H13NO2S.C4F6O2/c1-11(2,3)15(13,14)10-7-5-6-9(8-10)12-4;5-3(6,7)1(11)2(12)4(8,9)10/h5-8H,1-3H3;. The number of hydrogen-bond donors (Lipinski definition) is 0. The third kappa shape index (κ3) is 6.67. The maximum Gasteiger partial charge on any atom is 0.458 e. The molecule has 0 saturated carbocycles. The first-order valence-electron chi connectivity index (χ1n) is 6.80. The fraction of sp³-hybridized carbons (Fsp3) is 0.400. The van der Waals surface area contributed by atoms with Crippen LogP contribution in [0.3, 0.4) is 0 Å². The van der Waals surface area contributed by atoms with Crippen LogP contribution in [0.4, 0.5) is 32.0 Å². The molecule has 0 amide bonds. The Balaban J connectivity index is 0.000000516. The summed E-state index contributed by atoms with van der Waals surface area (Å²) in [5, 5.41) is 0. The molecular formula is C15H13F6NO4S. The monoisotopic (exact) mass is 417 g/mol. The summed E-state index contributed by atoms with van der Waals surface area (Å²) >= 11 is 0. The van der Waals surface area contributed by atoms with E-state index in [9.17, 15) is 44.3 Å². The quantitative estimate of drug-likeness (QED) is 0.413. The minimum atomic E-state index is -5.77. The first-order valence-corrected chi connectivity index (χ1v) is 8.29. The van der Waals surface area contributed by atoms with Gasteiger partial charge in [0.25, 0.3) is 0 Å². The van der Waals surface area contributed by atoms with Crippen LogP contribution in [-0.2, 0) is 19.4 Å². The second-order valence-corrected chi connectivity index (χ2v) is 8.58. The number of halogens is 6. The van der Waals surface area contributed by atoms with Crippen molar-refractivity contribution in [2.75, 3.05) is 0 Å². The molecule has 0 radical (unpaired) electrons. The van der Waals surface area contributed by atoms with Gasteiger partial charge in [0.15, 0.2) is 15.5 Å². The molecule has 0 aliphatic heterocycles. The van der Waals surface area contributed by atoms with Gasteiger partial charge in [-0.15, -0.1) is 0 Å². The number of carbonyl (C=O) groups is 2. The molecule has 0 N–H and O–H groups in total. The highest BCUT2D eigenvalue weighted by molar-refractivity contribution is 7.92. The second-order valence-electron chi connectivity index (χ2n) is 5.88. The van der Waals surface area contributed by atoms with Crippen molar-refractivity contribution >= 4 is 27.1 Å². The van der Waals surface area contributed by atoms with Crippen LogP contribution in [0.25, 0.3) is 4.85 Å². The fourth-order valence-electron chi connectivity index (χ4n) is 1.33. The van der Waals surface area contributed by atoms with Gasteiger partial charge < -0.3 is 0 Å². The summed E-state index contributed by atoms with van der Waals surface area (Å²) in [6, 6.07) is 6.11. The van der Waals surface area contributed by atoms with Crippen LogP contribution in [0, 0.1) is 6.57 Å². The molecule has 0 aliphatic carbocycles. The molecule has 27 heavy (non-hydrogen) atoms. The van der Waals surface area contributed by atoms with Crippen LogP contribution in [-0.4, -0.2) is 37.1 Å². The van der Waals surface area contributed by atoms with E-state index in [1.807, 2.05) is 0 Å². The number of ketones is 2. The Kier molecular flexibility index (Phi) is 7.35. The minimum absolute atomic E-state index is 0.212. The average Bonchev–Trinajstić information content (AvgIpc) is 2.51. The summed E-state index contributed by atoms with van der Waals surface area (Å²) < 4.78 is 90.2. The van der Waals surface area contributed by atoms with E-state index in [4.69, 9.17) is 6.57 Å². The molecule has 1 rings (SSSR count). The number of Topliss-reactive ketones (excluding diaryl/α,β-unsaturated/α-hetero) is 2. The SMILES string of the molecule is O=C(C(=O)C(F)(F)F)C(F)(F)F.[C-]#[N+]c1cccc(S(=O)(=O)C(C)(C)C)c1. The highest BCUT2D eigenvalue weighted by Gasteiger charge is 2.54. The van der Waals surface area contributed by atoms with Gasteiger partial charge in [0.05, 0.1) is 16.2 Å². The van der Waals surface area contributed by atoms with Gasteiger partial charge in [0.2, 0.25) is 0 Å². The highest BCUT2D eigenvalue weighted by atomic mass is 32.2. The van der Waals surface area contributed by atoms with Crippen molar-refractivity contribution < 1.29 is 44.3 Å². The van der Waals surface area contributed by atoms with Gasteiger partial charge in [-0.25, -0.2) is 13.3 Å². The van der Waals surface area contributed by atoms with E-state index in [0.29, 0.717) is 5.69 Å². The Morgan fingerprint density at radius 2 is 1.33 bits per heavy atom. The predicted molar refractivity (Wildman–Crippen MR) is 81.8 cm³/mol. The van der Waals surface area contributed by atoms with E-state index in [-0.39, 0.29) is 4.90 Å². The molecule has 0 aromatic heterocycles. The molecule has 0 heterocycles. The lowest BCUT2D eigenvalue weighted by molar-refractivity contribution is -0.193. The van der Waals surface area contributed by atoms with Crippen molar-refractivity contribution in [3.8, 4) is 0 Å². The van der Waals surface area contributed by atoms with Crippen LogP contribution in [0.15, 0.2) is 29.2 Å². The number of hydrogen-bond acceptors (Lipinski definition) is 4. The highest BCUT2D eigenvalue weighted by Crippen LogP contribution is 2.27. The molecule has 150 valence electrons. The van der Waals surface area contributed by atoms with Crippen molar-refractivity contribution in [2.24, 2.45) is 0 Å². The van der Waals surface area contributed by atoms with E-state index >= 15 is 0 Å². The van der Waals surface area contributed by atoms with Crippen LogP contribution in [0.1, 0.15) is 20.8 Å². The molecule has 0 unspecified atom stereocenters. The van der Waals surface area contributed by atoms with Gasteiger partial charge in [-0.05, 0) is 32.9 Å². The molecule has 0 spiro atoms. The first-order chi connectivity index (χ1) is 11.9. The molecular weight excluding hydrogens is 404 g/mol. The number of nitrogens with zero attached hydrogens (tertiary/aromatic N) is 1. The number of alkyl halides is 6. The third-order valence-corrected chi connectivity index (χ3v) is 5.27. The third-order valence-electron chi connectivity index (χ3n) is 2.78. The Labute approximate surface area is 150 Å². The van der Waals surface area contributed by atoms with Gasteiger partial charge in [-0.3, -0.25) is 9.59 Å². The Morgan fingerprint density at radius 3 is 1.63 bits per heavy atom. The number of sulfone groups is 1. The van der Waals surface area contributed by atoms with Crippen molar-refractivity contribution in [1.29, 1.82) is 0 Å². The van der Waals surface area contributed by atoms with Crippen molar-refractivity contribution in [1.82, 2.24) is 0 Å². The van der Waals surface area contributed by atoms with Crippen LogP contribution in [0.2, 0.25) is 0 Å². The van der Waals surface area contributed by atoms with Gasteiger partial charge in [0.1, 0.15) is 0 Å². The van der Waals surface area contributed by atoms with E-state index in [2.05, 4.69) is 4.85 Å². The zero-order valence-corrected chi connectivity index (χ0v) is 14.9. The topological polar surface area (TPSA) is 72.6 Å². The Hall–Kier alpha value is -2.42. The maximum absolute atomic E-state index is 12.0. The zero-order chi connectivity index (χ0) is 21.8. The van der Waals surface area contributed by atoms with E-state index in [1.54, 1.807) is 32.9 Å². The normalized spacial score (nSPS) is 12.4. The summed E-state index contributed by atoms with van der Waals surface area (Å²) in [6.45, 7) is 11.8. The molecule has 0 fully saturated rings. The van der Waals surface area contributed by atoms with Gasteiger partial charge >= 0.3 is 23.9 Å². The largest absolute Gasteiger partial charge is 0.458 e. The summed E-state index contributed by atoms with van der Waals surface area (Å²) in [7, 11) is -3.35. The van der Waals surface area contributed by atoms with Crippen molar-refractivity contribution in [3.63, 3.8) is 0 Å². The van der Waals surface area contributed by atoms with E-state index in [1.165, 1.54) is 12.1 Å². The lowest BCUT2D eigenvalue weighted by Crippen LogP contribution is -2.39. The first kappa shape index (κ1) is 24.6. The van der Waals surface area contributed by atoms with E-state index < -0.39 is 38.5 Å². The molecule has 5 nitrogen and oxygen atoms in total. The number of benzene rings is 1. The molecule has 1 aromatic rings. The Bertz CT molecular complexity index is 834. The molecule has 12 heteroatoms. The predicted octanol–water partition coefficient (Wildman–Crippen LogP) is 4.06. The maximum atomic E-state index is 12.0. The Morgan fingerprint density at radius 1 is 0.926 bits per heavy atom. The smallest absolute Gasteiger partial charge is 0.280 e. The molecule has 1 aromatic carbocycles. The van der Waals surface area contributed by atoms with Gasteiger partial charge in [-0.2, -0.15) is 26.3 Å². The summed E-state index contributed by atoms with van der Waals surface area (Å²) in [4.78, 5) is 22.7. The number of rotatable bonds is 2. The minimum Gasteiger partial charge on any atom is -0.280 e. The summed E-state index contributed by atoms with van der Waals surface area (Å²) in [5.41, 5.74) is 0.348. The van der Waals surface area contributed by atoms with Gasteiger partial charge in [-0.1, -0.05) is 12.1 Å². The molecule has 0 saturated heterocycles. The zero-order valence-electron chi connectivity index (χ0n) is 14.1. The van der Waals surface area contributed by atoms with E-state index in [0.717, 1.165) is 0 Å². The summed E-state index contributed by atoms with van der Waals surface area (Å²) in [5.74, 6) is -6.81. The lowest BCUT2D eigenvalue weighted by atomic mass is 10.2. The molecule has 0 aliphatic rings. The average molecular weight is 417 g/mol. The second kappa shape index (κ2) is 8.08.